The molecule has 0 bridgehead atoms. The summed E-state index contributed by atoms with van der Waals surface area (Å²) in [5.41, 5.74) is 1.13. The standard InChI is InChI=1S/C13H15NO4/c1-3-14-6-8-4-9(18-2)5-11(15)12(8)10(7-14)13(16)17/h4,6H,3,5,7H2,1-2H3,(H,16,17). The minimum atomic E-state index is -1.03. The van der Waals surface area contributed by atoms with E-state index in [0.29, 0.717) is 23.5 Å². The van der Waals surface area contributed by atoms with Gasteiger partial charge in [-0.2, -0.15) is 0 Å². The number of carbonyl (C=O) groups excluding carboxylic acids is 1. The Bertz CT molecular complexity index is 499. The molecule has 0 unspecified atom stereocenters. The van der Waals surface area contributed by atoms with Gasteiger partial charge in [-0.05, 0) is 13.0 Å². The number of ether oxygens (including phenoxy) is 1. The van der Waals surface area contributed by atoms with Crippen LogP contribution in [0.3, 0.4) is 0 Å². The van der Waals surface area contributed by atoms with Crippen molar-refractivity contribution < 1.29 is 19.4 Å². The molecule has 1 aliphatic heterocycles. The Balaban J connectivity index is 2.54. The van der Waals surface area contributed by atoms with Gasteiger partial charge in [-0.1, -0.05) is 0 Å². The number of hydrogen-bond acceptors (Lipinski definition) is 4. The van der Waals surface area contributed by atoms with Crippen LogP contribution in [0.5, 0.6) is 0 Å². The molecule has 5 nitrogen and oxygen atoms in total. The van der Waals surface area contributed by atoms with Gasteiger partial charge < -0.3 is 14.7 Å². The van der Waals surface area contributed by atoms with Gasteiger partial charge in [0.15, 0.2) is 5.78 Å². The van der Waals surface area contributed by atoms with Crippen molar-refractivity contribution in [3.05, 3.63) is 34.8 Å². The van der Waals surface area contributed by atoms with Crippen LogP contribution in [0, 0.1) is 0 Å². The summed E-state index contributed by atoms with van der Waals surface area (Å²) in [5.74, 6) is -0.650. The Labute approximate surface area is 105 Å². The van der Waals surface area contributed by atoms with Crippen LogP contribution in [0.4, 0.5) is 0 Å². The molecule has 5 heteroatoms. The number of fused-ring (bicyclic) bond motifs is 1. The molecule has 0 saturated heterocycles. The molecule has 0 aromatic rings. The third-order valence-electron chi connectivity index (χ3n) is 3.13. The molecule has 0 aromatic carbocycles. The van der Waals surface area contributed by atoms with Gasteiger partial charge >= 0.3 is 5.97 Å². The lowest BCUT2D eigenvalue weighted by Crippen LogP contribution is -2.31. The maximum atomic E-state index is 12.0. The van der Waals surface area contributed by atoms with E-state index in [1.165, 1.54) is 7.11 Å². The lowest BCUT2D eigenvalue weighted by molar-refractivity contribution is -0.133. The average Bonchev–Trinajstić information content (AvgIpc) is 2.36. The average molecular weight is 249 g/mol. The molecule has 0 radical (unpaired) electrons. The molecule has 18 heavy (non-hydrogen) atoms. The molecule has 96 valence electrons. The van der Waals surface area contributed by atoms with E-state index < -0.39 is 5.97 Å². The van der Waals surface area contributed by atoms with Crippen LogP contribution in [0.2, 0.25) is 0 Å². The quantitative estimate of drug-likeness (QED) is 0.811. The molecular formula is C13H15NO4. The number of allylic oxidation sites excluding steroid dienone is 4. The van der Waals surface area contributed by atoms with Crippen LogP contribution >= 0.6 is 0 Å². The largest absolute Gasteiger partial charge is 0.501 e. The summed E-state index contributed by atoms with van der Waals surface area (Å²) < 4.78 is 5.09. The van der Waals surface area contributed by atoms with Gasteiger partial charge in [0, 0.05) is 23.9 Å². The topological polar surface area (TPSA) is 66.8 Å². The third kappa shape index (κ3) is 2.03. The zero-order valence-corrected chi connectivity index (χ0v) is 10.4. The first kappa shape index (κ1) is 12.4. The second-order valence-corrected chi connectivity index (χ2v) is 4.22. The molecule has 1 heterocycles. The van der Waals surface area contributed by atoms with Crippen LogP contribution in [-0.4, -0.2) is 42.0 Å². The summed E-state index contributed by atoms with van der Waals surface area (Å²) in [7, 11) is 1.51. The van der Waals surface area contributed by atoms with Gasteiger partial charge in [0.1, 0.15) is 5.76 Å². The number of carboxylic acid groups (broad SMARTS) is 1. The summed E-state index contributed by atoms with van der Waals surface area (Å²) >= 11 is 0. The number of rotatable bonds is 3. The number of likely N-dealkylation sites (N-methyl/N-ethyl adjacent to an activating group) is 1. The summed E-state index contributed by atoms with van der Waals surface area (Å²) in [6.07, 6.45) is 3.69. The number of Topliss-reactive ketones (excluding diaryl/α,β-unsaturated/α-hetero) is 1. The lowest BCUT2D eigenvalue weighted by atomic mass is 9.87. The van der Waals surface area contributed by atoms with Crippen molar-refractivity contribution in [2.75, 3.05) is 20.2 Å². The first-order chi connectivity index (χ1) is 8.56. The minimum absolute atomic E-state index is 0.131. The highest BCUT2D eigenvalue weighted by Gasteiger charge is 2.31. The van der Waals surface area contributed by atoms with Gasteiger partial charge in [-0.15, -0.1) is 0 Å². The number of methoxy groups -OCH3 is 1. The highest BCUT2D eigenvalue weighted by Crippen LogP contribution is 2.31. The summed E-state index contributed by atoms with van der Waals surface area (Å²) in [6.45, 7) is 2.90. The van der Waals surface area contributed by atoms with Crippen LogP contribution < -0.4 is 0 Å². The van der Waals surface area contributed by atoms with Gasteiger partial charge in [0.2, 0.25) is 0 Å². The maximum absolute atomic E-state index is 12.0. The van der Waals surface area contributed by atoms with Crippen molar-refractivity contribution in [3.8, 4) is 0 Å². The van der Waals surface area contributed by atoms with Crippen molar-refractivity contribution in [1.29, 1.82) is 0 Å². The van der Waals surface area contributed by atoms with E-state index in [0.717, 1.165) is 0 Å². The van der Waals surface area contributed by atoms with Crippen LogP contribution in [0.1, 0.15) is 13.3 Å². The fourth-order valence-corrected chi connectivity index (χ4v) is 2.18. The SMILES string of the molecule is CCN1C=C2C=C(OC)CC(=O)C2=C(C(=O)O)C1. The number of ketones is 1. The molecule has 0 fully saturated rings. The van der Waals surface area contributed by atoms with Crippen molar-refractivity contribution in [3.63, 3.8) is 0 Å². The molecule has 0 amide bonds. The van der Waals surface area contributed by atoms with Gasteiger partial charge in [0.25, 0.3) is 0 Å². The van der Waals surface area contributed by atoms with Crippen molar-refractivity contribution in [2.45, 2.75) is 13.3 Å². The number of carbonyl (C=O) groups is 2. The summed E-state index contributed by atoms with van der Waals surface area (Å²) in [6, 6.07) is 0. The van der Waals surface area contributed by atoms with E-state index in [1.807, 2.05) is 18.0 Å². The fourth-order valence-electron chi connectivity index (χ4n) is 2.18. The molecule has 1 aliphatic carbocycles. The normalized spacial score (nSPS) is 19.2. The fraction of sp³-hybridized carbons (Fsp3) is 0.385. The Morgan fingerprint density at radius 1 is 1.56 bits per heavy atom. The minimum Gasteiger partial charge on any atom is -0.501 e. The van der Waals surface area contributed by atoms with E-state index in [-0.39, 0.29) is 24.3 Å². The third-order valence-corrected chi connectivity index (χ3v) is 3.13. The van der Waals surface area contributed by atoms with Gasteiger partial charge in [-0.3, -0.25) is 4.79 Å². The number of hydrogen-bond donors (Lipinski definition) is 1. The predicted octanol–water partition coefficient (Wildman–Crippen LogP) is 1.09. The van der Waals surface area contributed by atoms with Crippen molar-refractivity contribution in [2.24, 2.45) is 0 Å². The Morgan fingerprint density at radius 3 is 2.83 bits per heavy atom. The zero-order valence-electron chi connectivity index (χ0n) is 10.4. The van der Waals surface area contributed by atoms with Crippen LogP contribution in [0.15, 0.2) is 34.8 Å². The Morgan fingerprint density at radius 2 is 2.28 bits per heavy atom. The van der Waals surface area contributed by atoms with Gasteiger partial charge in [-0.25, -0.2) is 4.79 Å². The molecule has 2 aliphatic rings. The first-order valence-corrected chi connectivity index (χ1v) is 5.77. The first-order valence-electron chi connectivity index (χ1n) is 5.77. The molecular weight excluding hydrogens is 234 g/mol. The van der Waals surface area contributed by atoms with E-state index in [9.17, 15) is 14.7 Å². The summed E-state index contributed by atoms with van der Waals surface area (Å²) in [4.78, 5) is 25.1. The Hall–Kier alpha value is -2.04. The van der Waals surface area contributed by atoms with Gasteiger partial charge in [0.05, 0.1) is 25.6 Å². The highest BCUT2D eigenvalue weighted by atomic mass is 16.5. The van der Waals surface area contributed by atoms with E-state index in [2.05, 4.69) is 0 Å². The second kappa shape index (κ2) is 4.68. The van der Waals surface area contributed by atoms with Crippen LogP contribution in [0.25, 0.3) is 0 Å². The van der Waals surface area contributed by atoms with Crippen molar-refractivity contribution in [1.82, 2.24) is 4.90 Å². The highest BCUT2D eigenvalue weighted by molar-refractivity contribution is 6.09. The van der Waals surface area contributed by atoms with Crippen molar-refractivity contribution >= 4 is 11.8 Å². The molecule has 0 spiro atoms. The monoisotopic (exact) mass is 249 g/mol. The zero-order chi connectivity index (χ0) is 13.3. The smallest absolute Gasteiger partial charge is 0.334 e. The molecule has 0 atom stereocenters. The maximum Gasteiger partial charge on any atom is 0.334 e. The molecule has 0 saturated carbocycles. The van der Waals surface area contributed by atoms with E-state index >= 15 is 0 Å². The molecule has 0 aromatic heterocycles. The van der Waals surface area contributed by atoms with E-state index in [1.54, 1.807) is 6.08 Å². The summed E-state index contributed by atoms with van der Waals surface area (Å²) in [5, 5.41) is 9.22. The number of aliphatic carboxylic acids is 1. The second-order valence-electron chi connectivity index (χ2n) is 4.22. The number of nitrogens with zero attached hydrogens (tertiary/aromatic N) is 1. The van der Waals surface area contributed by atoms with Crippen LogP contribution in [-0.2, 0) is 14.3 Å². The molecule has 2 rings (SSSR count). The molecule has 1 N–H and O–H groups in total. The Kier molecular flexibility index (Phi) is 3.23. The number of carboxylic acids is 1. The lowest BCUT2D eigenvalue weighted by Gasteiger charge is -2.29. The van der Waals surface area contributed by atoms with E-state index in [4.69, 9.17) is 4.74 Å². The predicted molar refractivity (Wildman–Crippen MR) is 64.7 cm³/mol.